The van der Waals surface area contributed by atoms with Crippen LogP contribution in [0.5, 0.6) is 5.75 Å². The highest BCUT2D eigenvalue weighted by atomic mass is 16.5. The van der Waals surface area contributed by atoms with E-state index in [2.05, 4.69) is 17.4 Å². The minimum absolute atomic E-state index is 0.0240. The third-order valence-corrected chi connectivity index (χ3v) is 3.29. The number of aromatic nitrogens is 2. The largest absolute Gasteiger partial charge is 0.493 e. The molecule has 2 rings (SSSR count). The van der Waals surface area contributed by atoms with Crippen molar-refractivity contribution in [1.82, 2.24) is 15.2 Å². The Balaban J connectivity index is 2.14. The third-order valence-electron chi connectivity index (χ3n) is 3.29. The van der Waals surface area contributed by atoms with Crippen LogP contribution in [-0.2, 0) is 13.0 Å². The van der Waals surface area contributed by atoms with Gasteiger partial charge in [-0.05, 0) is 25.0 Å². The first-order valence-corrected chi connectivity index (χ1v) is 6.88. The number of hydrogen-bond acceptors (Lipinski definition) is 5. The molecule has 1 atom stereocenters. The zero-order valence-electron chi connectivity index (χ0n) is 12.0. The number of hydrazine groups is 1. The first kappa shape index (κ1) is 14.6. The summed E-state index contributed by atoms with van der Waals surface area (Å²) in [5.74, 6) is 7.43. The molecule has 0 aromatic carbocycles. The lowest BCUT2D eigenvalue weighted by atomic mass is 10.1. The van der Waals surface area contributed by atoms with E-state index < -0.39 is 0 Å². The van der Waals surface area contributed by atoms with Gasteiger partial charge in [-0.1, -0.05) is 6.92 Å². The minimum atomic E-state index is -0.0240. The number of furan rings is 1. The van der Waals surface area contributed by atoms with Crippen molar-refractivity contribution in [2.24, 2.45) is 5.84 Å². The van der Waals surface area contributed by atoms with Crippen LogP contribution in [-0.4, -0.2) is 16.9 Å². The van der Waals surface area contributed by atoms with Crippen molar-refractivity contribution in [2.45, 2.75) is 38.8 Å². The number of nitrogens with one attached hydrogen (secondary N) is 1. The fourth-order valence-electron chi connectivity index (χ4n) is 2.32. The molecule has 0 aliphatic carbocycles. The number of methoxy groups -OCH3 is 1. The molecule has 110 valence electrons. The number of ether oxygens (including phenoxy) is 1. The Hall–Kier alpha value is -1.79. The van der Waals surface area contributed by atoms with Crippen LogP contribution in [0, 0.1) is 0 Å². The maximum Gasteiger partial charge on any atom is 0.161 e. The summed E-state index contributed by atoms with van der Waals surface area (Å²) in [6.07, 6.45) is 6.05. The summed E-state index contributed by atoms with van der Waals surface area (Å²) >= 11 is 0. The molecule has 0 aliphatic heterocycles. The zero-order chi connectivity index (χ0) is 14.4. The van der Waals surface area contributed by atoms with Gasteiger partial charge in [-0.15, -0.1) is 0 Å². The second kappa shape index (κ2) is 7.12. The Morgan fingerprint density at radius 1 is 1.55 bits per heavy atom. The van der Waals surface area contributed by atoms with Crippen molar-refractivity contribution in [2.75, 3.05) is 7.11 Å². The molecule has 0 spiro atoms. The Bertz CT molecular complexity index is 507. The lowest BCUT2D eigenvalue weighted by Crippen LogP contribution is -2.30. The molecule has 2 aromatic rings. The van der Waals surface area contributed by atoms with Gasteiger partial charge in [-0.2, -0.15) is 5.10 Å². The second-order valence-corrected chi connectivity index (χ2v) is 4.66. The van der Waals surface area contributed by atoms with Crippen molar-refractivity contribution in [1.29, 1.82) is 0 Å². The summed E-state index contributed by atoms with van der Waals surface area (Å²) in [5, 5.41) is 4.36. The first-order chi connectivity index (χ1) is 9.80. The summed E-state index contributed by atoms with van der Waals surface area (Å²) in [7, 11) is 1.65. The van der Waals surface area contributed by atoms with Crippen molar-refractivity contribution in [3.8, 4) is 5.75 Å². The quantitative estimate of drug-likeness (QED) is 0.570. The molecule has 0 radical (unpaired) electrons. The van der Waals surface area contributed by atoms with Crippen LogP contribution in [0.1, 0.15) is 37.3 Å². The predicted molar refractivity (Wildman–Crippen MR) is 76.2 cm³/mol. The second-order valence-electron chi connectivity index (χ2n) is 4.66. The zero-order valence-corrected chi connectivity index (χ0v) is 12.0. The average Bonchev–Trinajstić information content (AvgIpc) is 3.10. The Kier molecular flexibility index (Phi) is 5.20. The van der Waals surface area contributed by atoms with Crippen LogP contribution in [0.25, 0.3) is 0 Å². The Morgan fingerprint density at radius 2 is 2.40 bits per heavy atom. The maximum absolute atomic E-state index is 5.71. The topological polar surface area (TPSA) is 78.2 Å². The standard InChI is InChI=1S/C14H22N4O2/c1-3-8-18-14(13(19-2)10-16-18)12(17-15)7-6-11-5-4-9-20-11/h4-5,9-10,12,17H,3,6-8,15H2,1-2H3. The van der Waals surface area contributed by atoms with E-state index in [0.29, 0.717) is 0 Å². The van der Waals surface area contributed by atoms with E-state index >= 15 is 0 Å². The molecule has 6 nitrogen and oxygen atoms in total. The number of rotatable bonds is 8. The summed E-state index contributed by atoms with van der Waals surface area (Å²) in [6.45, 7) is 2.96. The van der Waals surface area contributed by atoms with E-state index in [4.69, 9.17) is 15.0 Å². The molecule has 0 fully saturated rings. The van der Waals surface area contributed by atoms with Crippen LogP contribution in [0.15, 0.2) is 29.0 Å². The molecular weight excluding hydrogens is 256 g/mol. The van der Waals surface area contributed by atoms with E-state index in [1.54, 1.807) is 19.6 Å². The van der Waals surface area contributed by atoms with Crippen molar-refractivity contribution in [3.63, 3.8) is 0 Å². The van der Waals surface area contributed by atoms with Gasteiger partial charge in [0.25, 0.3) is 0 Å². The fraction of sp³-hybridized carbons (Fsp3) is 0.500. The fourth-order valence-corrected chi connectivity index (χ4v) is 2.32. The molecule has 0 amide bonds. The highest BCUT2D eigenvalue weighted by Gasteiger charge is 2.21. The van der Waals surface area contributed by atoms with Gasteiger partial charge in [0, 0.05) is 13.0 Å². The molecule has 0 saturated heterocycles. The van der Waals surface area contributed by atoms with Crippen LogP contribution in [0.2, 0.25) is 0 Å². The molecule has 1 unspecified atom stereocenters. The van der Waals surface area contributed by atoms with E-state index in [1.165, 1.54) is 0 Å². The highest BCUT2D eigenvalue weighted by molar-refractivity contribution is 5.28. The summed E-state index contributed by atoms with van der Waals surface area (Å²) in [5.41, 5.74) is 3.85. The van der Waals surface area contributed by atoms with Crippen LogP contribution in [0.4, 0.5) is 0 Å². The molecule has 6 heteroatoms. The summed E-state index contributed by atoms with van der Waals surface area (Å²) in [6, 6.07) is 3.83. The molecule has 0 aliphatic rings. The van der Waals surface area contributed by atoms with Gasteiger partial charge in [-0.25, -0.2) is 0 Å². The molecule has 0 bridgehead atoms. The van der Waals surface area contributed by atoms with Crippen molar-refractivity contribution >= 4 is 0 Å². The number of aryl methyl sites for hydroxylation is 2. The van der Waals surface area contributed by atoms with Crippen LogP contribution in [0.3, 0.4) is 0 Å². The molecular formula is C14H22N4O2. The third kappa shape index (κ3) is 3.20. The SMILES string of the molecule is CCCn1ncc(OC)c1C(CCc1ccco1)NN. The minimum Gasteiger partial charge on any atom is -0.493 e. The molecule has 2 heterocycles. The monoisotopic (exact) mass is 278 g/mol. The first-order valence-electron chi connectivity index (χ1n) is 6.88. The Labute approximate surface area is 118 Å². The molecule has 0 saturated carbocycles. The van der Waals surface area contributed by atoms with Gasteiger partial charge >= 0.3 is 0 Å². The predicted octanol–water partition coefficient (Wildman–Crippen LogP) is 2.03. The van der Waals surface area contributed by atoms with Crippen molar-refractivity contribution < 1.29 is 9.15 Å². The Morgan fingerprint density at radius 3 is 3.00 bits per heavy atom. The van der Waals surface area contributed by atoms with Gasteiger partial charge in [0.2, 0.25) is 0 Å². The van der Waals surface area contributed by atoms with Gasteiger partial charge in [0.15, 0.2) is 5.75 Å². The molecule has 20 heavy (non-hydrogen) atoms. The van der Waals surface area contributed by atoms with E-state index in [0.717, 1.165) is 43.0 Å². The number of hydrogen-bond donors (Lipinski definition) is 2. The molecule has 2 aromatic heterocycles. The van der Waals surface area contributed by atoms with Crippen LogP contribution < -0.4 is 16.0 Å². The number of nitrogens with two attached hydrogens (primary N) is 1. The van der Waals surface area contributed by atoms with Crippen molar-refractivity contribution in [3.05, 3.63) is 36.0 Å². The number of nitrogens with zero attached hydrogens (tertiary/aromatic N) is 2. The smallest absolute Gasteiger partial charge is 0.161 e. The van der Waals surface area contributed by atoms with Gasteiger partial charge in [0.1, 0.15) is 5.76 Å². The van der Waals surface area contributed by atoms with Gasteiger partial charge < -0.3 is 9.15 Å². The normalized spacial score (nSPS) is 12.6. The van der Waals surface area contributed by atoms with E-state index in [-0.39, 0.29) is 6.04 Å². The van der Waals surface area contributed by atoms with E-state index in [9.17, 15) is 0 Å². The van der Waals surface area contributed by atoms with Gasteiger partial charge in [0.05, 0.1) is 31.3 Å². The van der Waals surface area contributed by atoms with Crippen LogP contribution >= 0.6 is 0 Å². The maximum atomic E-state index is 5.71. The summed E-state index contributed by atoms with van der Waals surface area (Å²) < 4.78 is 12.7. The van der Waals surface area contributed by atoms with E-state index in [1.807, 2.05) is 16.8 Å². The van der Waals surface area contributed by atoms with Gasteiger partial charge in [-0.3, -0.25) is 16.0 Å². The molecule has 3 N–H and O–H groups in total. The lowest BCUT2D eigenvalue weighted by Gasteiger charge is -2.18. The summed E-state index contributed by atoms with van der Waals surface area (Å²) in [4.78, 5) is 0. The average molecular weight is 278 g/mol. The lowest BCUT2D eigenvalue weighted by molar-refractivity contribution is 0.380. The highest BCUT2D eigenvalue weighted by Crippen LogP contribution is 2.28.